The predicted octanol–water partition coefficient (Wildman–Crippen LogP) is 1.50. The van der Waals surface area contributed by atoms with Crippen LogP contribution in [0.15, 0.2) is 60.7 Å². The lowest BCUT2D eigenvalue weighted by molar-refractivity contribution is -0.143. The van der Waals surface area contributed by atoms with E-state index in [-0.39, 0.29) is 25.4 Å². The first-order valence-corrected chi connectivity index (χ1v) is 8.28. The Morgan fingerprint density at radius 2 is 1.46 bits per heavy atom. The highest BCUT2D eigenvalue weighted by Crippen LogP contribution is 2.23. The zero-order chi connectivity index (χ0) is 19.0. The summed E-state index contributed by atoms with van der Waals surface area (Å²) in [5.74, 6) is -1.73. The van der Waals surface area contributed by atoms with Gasteiger partial charge < -0.3 is 15.7 Å². The van der Waals surface area contributed by atoms with Crippen molar-refractivity contribution in [3.8, 4) is 0 Å². The quantitative estimate of drug-likeness (QED) is 0.669. The van der Waals surface area contributed by atoms with E-state index >= 15 is 0 Å². The van der Waals surface area contributed by atoms with Crippen LogP contribution in [-0.4, -0.2) is 36.0 Å². The number of carbonyl (C=O) groups is 3. The van der Waals surface area contributed by atoms with Gasteiger partial charge in [0.25, 0.3) is 0 Å². The Hall–Kier alpha value is -3.15. The van der Waals surface area contributed by atoms with Gasteiger partial charge in [-0.25, -0.2) is 0 Å². The molecule has 0 saturated heterocycles. The van der Waals surface area contributed by atoms with Gasteiger partial charge in [0.15, 0.2) is 0 Å². The molecule has 0 aliphatic rings. The van der Waals surface area contributed by atoms with E-state index < -0.39 is 17.3 Å². The van der Waals surface area contributed by atoms with E-state index in [1.165, 1.54) is 0 Å². The van der Waals surface area contributed by atoms with Crippen LogP contribution >= 0.6 is 0 Å². The van der Waals surface area contributed by atoms with E-state index in [2.05, 4.69) is 10.6 Å². The standard InChI is InChI=1S/C20H22N2O4/c1-20(19(25)26,16-10-6-3-7-11-16)14-22-18(24)13-21-17(23)12-15-8-4-2-5-9-15/h2-11H,12-14H2,1H3,(H,21,23)(H,22,24)(H,25,26). The Kier molecular flexibility index (Phi) is 6.49. The lowest BCUT2D eigenvalue weighted by Crippen LogP contribution is -2.47. The van der Waals surface area contributed by atoms with Gasteiger partial charge in [-0.05, 0) is 18.1 Å². The monoisotopic (exact) mass is 354 g/mol. The molecule has 6 nitrogen and oxygen atoms in total. The fraction of sp³-hybridized carbons (Fsp3) is 0.250. The smallest absolute Gasteiger partial charge is 0.315 e. The minimum atomic E-state index is -1.25. The molecule has 1 atom stereocenters. The number of rotatable bonds is 8. The van der Waals surface area contributed by atoms with E-state index in [4.69, 9.17) is 0 Å². The first-order valence-electron chi connectivity index (χ1n) is 8.28. The summed E-state index contributed by atoms with van der Waals surface area (Å²) in [6.45, 7) is 1.29. The van der Waals surface area contributed by atoms with E-state index in [0.717, 1.165) is 5.56 Å². The van der Waals surface area contributed by atoms with E-state index in [1.54, 1.807) is 37.3 Å². The number of hydrogen-bond donors (Lipinski definition) is 3. The van der Waals surface area contributed by atoms with Crippen LogP contribution < -0.4 is 10.6 Å². The van der Waals surface area contributed by atoms with Gasteiger partial charge in [-0.3, -0.25) is 14.4 Å². The molecule has 1 unspecified atom stereocenters. The van der Waals surface area contributed by atoms with Gasteiger partial charge in [-0.2, -0.15) is 0 Å². The van der Waals surface area contributed by atoms with Crippen molar-refractivity contribution in [2.75, 3.05) is 13.1 Å². The molecule has 0 heterocycles. The molecule has 2 rings (SSSR count). The average molecular weight is 354 g/mol. The molecular formula is C20H22N2O4. The van der Waals surface area contributed by atoms with Crippen LogP contribution in [0.4, 0.5) is 0 Å². The second-order valence-electron chi connectivity index (χ2n) is 6.22. The van der Waals surface area contributed by atoms with Crippen molar-refractivity contribution < 1.29 is 19.5 Å². The zero-order valence-electron chi connectivity index (χ0n) is 14.6. The summed E-state index contributed by atoms with van der Waals surface area (Å²) in [6.07, 6.45) is 0.185. The third-order valence-corrected chi connectivity index (χ3v) is 4.18. The Bertz CT molecular complexity index is 762. The summed E-state index contributed by atoms with van der Waals surface area (Å²) in [5, 5.41) is 14.7. The van der Waals surface area contributed by atoms with Crippen molar-refractivity contribution >= 4 is 17.8 Å². The molecule has 0 saturated carbocycles. The Morgan fingerprint density at radius 3 is 2.04 bits per heavy atom. The van der Waals surface area contributed by atoms with Crippen LogP contribution in [0.2, 0.25) is 0 Å². The molecule has 2 aromatic carbocycles. The second kappa shape index (κ2) is 8.80. The van der Waals surface area contributed by atoms with Crippen LogP contribution in [0.3, 0.4) is 0 Å². The van der Waals surface area contributed by atoms with Crippen LogP contribution in [0.5, 0.6) is 0 Å². The van der Waals surface area contributed by atoms with E-state index in [1.807, 2.05) is 30.3 Å². The Labute approximate surface area is 152 Å². The average Bonchev–Trinajstić information content (AvgIpc) is 2.65. The maximum absolute atomic E-state index is 12.0. The number of hydrogen-bond acceptors (Lipinski definition) is 3. The minimum absolute atomic E-state index is 0.0697. The second-order valence-corrected chi connectivity index (χ2v) is 6.22. The molecule has 0 aliphatic carbocycles. The first-order chi connectivity index (χ1) is 12.4. The number of amides is 2. The fourth-order valence-corrected chi connectivity index (χ4v) is 2.47. The summed E-state index contributed by atoms with van der Waals surface area (Å²) in [5.41, 5.74) is 0.208. The van der Waals surface area contributed by atoms with Crippen LogP contribution in [-0.2, 0) is 26.2 Å². The van der Waals surface area contributed by atoms with Crippen molar-refractivity contribution in [2.45, 2.75) is 18.8 Å². The van der Waals surface area contributed by atoms with Crippen molar-refractivity contribution in [3.05, 3.63) is 71.8 Å². The summed E-state index contributed by atoms with van der Waals surface area (Å²) < 4.78 is 0. The van der Waals surface area contributed by atoms with Crippen molar-refractivity contribution in [2.24, 2.45) is 0 Å². The van der Waals surface area contributed by atoms with Gasteiger partial charge in [0, 0.05) is 6.54 Å². The zero-order valence-corrected chi connectivity index (χ0v) is 14.6. The molecule has 3 N–H and O–H groups in total. The number of carbonyl (C=O) groups excluding carboxylic acids is 2. The number of aliphatic carboxylic acids is 1. The largest absolute Gasteiger partial charge is 0.481 e. The molecule has 2 aromatic rings. The number of nitrogens with one attached hydrogen (secondary N) is 2. The van der Waals surface area contributed by atoms with Gasteiger partial charge >= 0.3 is 5.97 Å². The van der Waals surface area contributed by atoms with Gasteiger partial charge in [0.05, 0.1) is 13.0 Å². The molecule has 0 radical (unpaired) electrons. The molecule has 6 heteroatoms. The van der Waals surface area contributed by atoms with Crippen molar-refractivity contribution in [1.29, 1.82) is 0 Å². The van der Waals surface area contributed by atoms with Crippen molar-refractivity contribution in [1.82, 2.24) is 10.6 Å². The van der Waals surface area contributed by atoms with Gasteiger partial charge in [0.2, 0.25) is 11.8 Å². The Balaban J connectivity index is 1.85. The van der Waals surface area contributed by atoms with Crippen LogP contribution in [0, 0.1) is 0 Å². The first kappa shape index (κ1) is 19.2. The molecule has 0 aromatic heterocycles. The van der Waals surface area contributed by atoms with Gasteiger partial charge in [0.1, 0.15) is 5.41 Å². The Morgan fingerprint density at radius 1 is 0.885 bits per heavy atom. The molecular weight excluding hydrogens is 332 g/mol. The summed E-state index contributed by atoms with van der Waals surface area (Å²) in [6, 6.07) is 17.9. The minimum Gasteiger partial charge on any atom is -0.481 e. The lowest BCUT2D eigenvalue weighted by atomic mass is 9.82. The molecule has 26 heavy (non-hydrogen) atoms. The molecule has 136 valence electrons. The predicted molar refractivity (Wildman–Crippen MR) is 97.6 cm³/mol. The molecule has 0 bridgehead atoms. The van der Waals surface area contributed by atoms with Gasteiger partial charge in [-0.1, -0.05) is 60.7 Å². The third kappa shape index (κ3) is 5.17. The molecule has 0 aliphatic heterocycles. The molecule has 0 fully saturated rings. The molecule has 2 amide bonds. The number of benzene rings is 2. The third-order valence-electron chi connectivity index (χ3n) is 4.18. The number of carboxylic acids is 1. The number of carboxylic acid groups (broad SMARTS) is 1. The normalized spacial score (nSPS) is 12.7. The fourth-order valence-electron chi connectivity index (χ4n) is 2.47. The van der Waals surface area contributed by atoms with Crippen LogP contribution in [0.1, 0.15) is 18.1 Å². The van der Waals surface area contributed by atoms with E-state index in [0.29, 0.717) is 5.56 Å². The maximum Gasteiger partial charge on any atom is 0.315 e. The van der Waals surface area contributed by atoms with Crippen molar-refractivity contribution in [3.63, 3.8) is 0 Å². The topological polar surface area (TPSA) is 95.5 Å². The highest BCUT2D eigenvalue weighted by Gasteiger charge is 2.35. The van der Waals surface area contributed by atoms with Crippen LogP contribution in [0.25, 0.3) is 0 Å². The SMILES string of the molecule is CC(CNC(=O)CNC(=O)Cc1ccccc1)(C(=O)O)c1ccccc1. The molecule has 0 spiro atoms. The lowest BCUT2D eigenvalue weighted by Gasteiger charge is -2.25. The summed E-state index contributed by atoms with van der Waals surface area (Å²) >= 11 is 0. The van der Waals surface area contributed by atoms with Gasteiger partial charge in [-0.15, -0.1) is 0 Å². The summed E-state index contributed by atoms with van der Waals surface area (Å²) in [4.78, 5) is 35.5. The maximum atomic E-state index is 12.0. The highest BCUT2D eigenvalue weighted by molar-refractivity contribution is 5.87. The highest BCUT2D eigenvalue weighted by atomic mass is 16.4. The van der Waals surface area contributed by atoms with E-state index in [9.17, 15) is 19.5 Å². The summed E-state index contributed by atoms with van der Waals surface area (Å²) in [7, 11) is 0.